The molecule has 0 aromatic heterocycles. The maximum atomic E-state index is 13.4. The molecule has 2 saturated carbocycles. The Morgan fingerprint density at radius 3 is 2.20 bits per heavy atom. The minimum Gasteiger partial charge on any atom is -0.495 e. The van der Waals surface area contributed by atoms with Crippen LogP contribution in [0.1, 0.15) is 82.1 Å². The number of ether oxygens (including phenoxy) is 2. The molecule has 6 rings (SSSR count). The lowest BCUT2D eigenvalue weighted by molar-refractivity contribution is -0.164. The predicted molar refractivity (Wildman–Crippen MR) is 171 cm³/mol. The van der Waals surface area contributed by atoms with E-state index in [9.17, 15) is 15.2 Å². The van der Waals surface area contributed by atoms with Crippen LogP contribution in [-0.4, -0.2) is 73.5 Å². The summed E-state index contributed by atoms with van der Waals surface area (Å²) in [5.74, 6) is 1.07. The van der Waals surface area contributed by atoms with Crippen LogP contribution in [0.2, 0.25) is 0 Å². The van der Waals surface area contributed by atoms with Gasteiger partial charge in [-0.05, 0) is 93.4 Å². The molecular weight excluding hydrogens is 552 g/mol. The number of nitriles is 1. The van der Waals surface area contributed by atoms with Gasteiger partial charge < -0.3 is 24.8 Å². The molecule has 2 N–H and O–H groups in total. The van der Waals surface area contributed by atoms with Crippen molar-refractivity contribution in [2.75, 3.05) is 38.2 Å². The highest BCUT2D eigenvalue weighted by atomic mass is 16.5. The SMILES string of the molecule is COc1cc(OC2C(C)(C)C(NC(=O)c3ccc(N4CC(N5CCC6(CCC(O)CC6)CC5)C4)cc3)C2(C)C)ccc1C#N. The number of likely N-dealkylation sites (tertiary alicyclic amines) is 1. The van der Waals surface area contributed by atoms with E-state index in [4.69, 9.17) is 9.47 Å². The average molecular weight is 601 g/mol. The quantitative estimate of drug-likeness (QED) is 0.440. The van der Waals surface area contributed by atoms with Crippen LogP contribution in [-0.2, 0) is 0 Å². The number of hydrogen-bond donors (Lipinski definition) is 2. The van der Waals surface area contributed by atoms with Crippen LogP contribution in [0.25, 0.3) is 0 Å². The van der Waals surface area contributed by atoms with E-state index in [-0.39, 0.29) is 35.0 Å². The lowest BCUT2D eigenvalue weighted by atomic mass is 9.49. The first-order valence-corrected chi connectivity index (χ1v) is 16.3. The summed E-state index contributed by atoms with van der Waals surface area (Å²) in [5.41, 5.74) is 2.17. The summed E-state index contributed by atoms with van der Waals surface area (Å²) in [6.07, 6.45) is 6.66. The summed E-state index contributed by atoms with van der Waals surface area (Å²) < 4.78 is 11.8. The first-order chi connectivity index (χ1) is 21.0. The molecule has 2 aromatic rings. The van der Waals surface area contributed by atoms with E-state index in [2.05, 4.69) is 61.0 Å². The van der Waals surface area contributed by atoms with Crippen LogP contribution < -0.4 is 19.7 Å². The average Bonchev–Trinajstić information content (AvgIpc) is 3.00. The zero-order chi connectivity index (χ0) is 31.3. The molecule has 8 heteroatoms. The smallest absolute Gasteiger partial charge is 0.251 e. The Balaban J connectivity index is 1.00. The van der Waals surface area contributed by atoms with Gasteiger partial charge in [-0.3, -0.25) is 9.69 Å². The van der Waals surface area contributed by atoms with Crippen LogP contribution in [0.15, 0.2) is 42.5 Å². The van der Waals surface area contributed by atoms with Crippen molar-refractivity contribution >= 4 is 11.6 Å². The fourth-order valence-electron chi connectivity index (χ4n) is 8.79. The van der Waals surface area contributed by atoms with Crippen molar-refractivity contribution in [1.82, 2.24) is 10.2 Å². The Bertz CT molecular complexity index is 1370. The maximum Gasteiger partial charge on any atom is 0.251 e. The van der Waals surface area contributed by atoms with Crippen LogP contribution in [0.4, 0.5) is 5.69 Å². The Morgan fingerprint density at radius 2 is 1.61 bits per heavy atom. The van der Waals surface area contributed by atoms with Gasteiger partial charge in [0, 0.05) is 53.3 Å². The fraction of sp³-hybridized carbons (Fsp3) is 0.611. The van der Waals surface area contributed by atoms with Crippen molar-refractivity contribution < 1.29 is 19.4 Å². The van der Waals surface area contributed by atoms with Gasteiger partial charge >= 0.3 is 0 Å². The lowest BCUT2D eigenvalue weighted by Crippen LogP contribution is -2.74. The monoisotopic (exact) mass is 600 g/mol. The normalized spacial score (nSPS) is 26.2. The van der Waals surface area contributed by atoms with Crippen molar-refractivity contribution in [1.29, 1.82) is 5.26 Å². The second-order valence-electron chi connectivity index (χ2n) is 14.9. The van der Waals surface area contributed by atoms with Crippen molar-refractivity contribution in [2.45, 2.75) is 90.5 Å². The maximum absolute atomic E-state index is 13.4. The van der Waals surface area contributed by atoms with Gasteiger partial charge in [-0.2, -0.15) is 5.26 Å². The molecule has 0 atom stereocenters. The van der Waals surface area contributed by atoms with Gasteiger partial charge in [0.1, 0.15) is 23.7 Å². The third-order valence-electron chi connectivity index (χ3n) is 11.4. The Hall–Kier alpha value is -3.28. The molecule has 0 unspecified atom stereocenters. The standard InChI is InChI=1S/C36H48N4O4/c1-34(2)32(35(3,4)33(34)44-29-11-8-25(21-37)30(20-29)43-5)38-31(42)24-6-9-26(10-7-24)40-22-27(23-40)39-18-16-36(17-19-39)14-12-28(41)13-15-36/h6-11,20,27-28,32-33,41H,12-19,22-23H2,1-5H3,(H,38,42). The van der Waals surface area contributed by atoms with E-state index in [1.165, 1.54) is 44.5 Å². The van der Waals surface area contributed by atoms with Crippen molar-refractivity contribution in [3.63, 3.8) is 0 Å². The van der Waals surface area contributed by atoms with Crippen LogP contribution >= 0.6 is 0 Å². The molecule has 0 radical (unpaired) electrons. The van der Waals surface area contributed by atoms with Crippen LogP contribution in [0.3, 0.4) is 0 Å². The molecule has 4 fully saturated rings. The Morgan fingerprint density at radius 1 is 0.977 bits per heavy atom. The largest absolute Gasteiger partial charge is 0.495 e. The predicted octanol–water partition coefficient (Wildman–Crippen LogP) is 5.38. The zero-order valence-electron chi connectivity index (χ0n) is 26.9. The molecule has 8 nitrogen and oxygen atoms in total. The van der Waals surface area contributed by atoms with Crippen molar-refractivity contribution in [3.8, 4) is 17.6 Å². The highest BCUT2D eigenvalue weighted by molar-refractivity contribution is 5.95. The number of carbonyl (C=O) groups is 1. The van der Waals surface area contributed by atoms with E-state index in [1.54, 1.807) is 25.3 Å². The highest BCUT2D eigenvalue weighted by Crippen LogP contribution is 2.55. The Kier molecular flexibility index (Phi) is 8.09. The third-order valence-corrected chi connectivity index (χ3v) is 11.4. The van der Waals surface area contributed by atoms with Gasteiger partial charge in [0.25, 0.3) is 5.91 Å². The summed E-state index contributed by atoms with van der Waals surface area (Å²) in [7, 11) is 1.55. The first kappa shape index (κ1) is 30.7. The van der Waals surface area contributed by atoms with E-state index < -0.39 is 0 Å². The number of aliphatic hydroxyl groups is 1. The number of nitrogens with one attached hydrogen (secondary N) is 1. The zero-order valence-corrected chi connectivity index (χ0v) is 26.9. The van der Waals surface area contributed by atoms with E-state index in [0.717, 1.165) is 25.9 Å². The molecule has 236 valence electrons. The van der Waals surface area contributed by atoms with E-state index in [0.29, 0.717) is 34.1 Å². The highest BCUT2D eigenvalue weighted by Gasteiger charge is 2.64. The van der Waals surface area contributed by atoms with E-state index >= 15 is 0 Å². The number of nitrogens with zero attached hydrogens (tertiary/aromatic N) is 3. The topological polar surface area (TPSA) is 98.1 Å². The molecule has 0 bridgehead atoms. The molecular formula is C36H48N4O4. The number of methoxy groups -OCH3 is 1. The minimum absolute atomic E-state index is 0.0693. The van der Waals surface area contributed by atoms with Crippen LogP contribution in [0.5, 0.6) is 11.5 Å². The lowest BCUT2D eigenvalue weighted by Gasteiger charge is -2.63. The third kappa shape index (κ3) is 5.54. The van der Waals surface area contributed by atoms with Crippen molar-refractivity contribution in [3.05, 3.63) is 53.6 Å². The number of piperidine rings is 1. The molecule has 4 aliphatic rings. The summed E-state index contributed by atoms with van der Waals surface area (Å²) >= 11 is 0. The molecule has 2 aliphatic carbocycles. The molecule has 2 heterocycles. The van der Waals surface area contributed by atoms with Gasteiger partial charge in [0.05, 0.1) is 18.8 Å². The van der Waals surface area contributed by atoms with Gasteiger partial charge in [-0.1, -0.05) is 27.7 Å². The number of benzene rings is 2. The number of carbonyl (C=O) groups excluding carboxylic acids is 1. The molecule has 1 amide bonds. The number of hydrogen-bond acceptors (Lipinski definition) is 7. The number of anilines is 1. The second-order valence-corrected chi connectivity index (χ2v) is 14.9. The minimum atomic E-state index is -0.306. The van der Waals surface area contributed by atoms with Crippen molar-refractivity contribution in [2.24, 2.45) is 16.2 Å². The molecule has 2 saturated heterocycles. The number of aliphatic hydroxyl groups excluding tert-OH is 1. The second kappa shape index (κ2) is 11.6. The molecule has 2 aromatic carbocycles. The van der Waals surface area contributed by atoms with Gasteiger partial charge in [-0.15, -0.1) is 0 Å². The van der Waals surface area contributed by atoms with Gasteiger partial charge in [0.2, 0.25) is 0 Å². The van der Waals surface area contributed by atoms with Gasteiger partial charge in [0.15, 0.2) is 0 Å². The summed E-state index contributed by atoms with van der Waals surface area (Å²) in [5, 5.41) is 22.5. The van der Waals surface area contributed by atoms with Gasteiger partial charge in [-0.25, -0.2) is 0 Å². The number of amides is 1. The summed E-state index contributed by atoms with van der Waals surface area (Å²) in [4.78, 5) is 18.5. The molecule has 2 aliphatic heterocycles. The number of rotatable bonds is 7. The summed E-state index contributed by atoms with van der Waals surface area (Å²) in [6, 6.07) is 16.0. The fourth-order valence-corrected chi connectivity index (χ4v) is 8.79. The summed E-state index contributed by atoms with van der Waals surface area (Å²) in [6.45, 7) is 12.9. The molecule has 44 heavy (non-hydrogen) atoms. The van der Waals surface area contributed by atoms with Crippen LogP contribution in [0, 0.1) is 27.6 Å². The van der Waals surface area contributed by atoms with E-state index in [1.807, 2.05) is 12.1 Å². The molecule has 1 spiro atoms. The first-order valence-electron chi connectivity index (χ1n) is 16.3. The Labute approximate surface area is 262 Å².